The fourth-order valence-electron chi connectivity index (χ4n) is 3.54. The third-order valence-corrected chi connectivity index (χ3v) is 6.22. The summed E-state index contributed by atoms with van der Waals surface area (Å²) in [6.45, 7) is 12.3. The van der Waals surface area contributed by atoms with Gasteiger partial charge in [0.15, 0.2) is 0 Å². The Kier molecular flexibility index (Phi) is 12.9. The quantitative estimate of drug-likeness (QED) is 0.245. The maximum absolute atomic E-state index is 12.6. The van der Waals surface area contributed by atoms with Crippen LogP contribution in [0.2, 0.25) is 0 Å². The number of alkyl carbamates (subject to hydrolysis) is 1. The molecule has 1 aromatic rings. The number of carbonyl (C=O) groups excluding carboxylic acids is 2. The van der Waals surface area contributed by atoms with E-state index >= 15 is 0 Å². The molecule has 1 rings (SSSR count). The fraction of sp³-hybridized carbons (Fsp3) is 0.692. The number of anilines is 1. The first kappa shape index (κ1) is 35.6. The number of hydrogen-bond donors (Lipinski definition) is 1. The third kappa shape index (κ3) is 16.6. The molecule has 0 heterocycles. The number of rotatable bonds is 14. The molecule has 0 bridgehead atoms. The van der Waals surface area contributed by atoms with Gasteiger partial charge in [0, 0.05) is 24.8 Å². The Morgan fingerprint density at radius 1 is 0.875 bits per heavy atom. The van der Waals surface area contributed by atoms with Crippen LogP contribution < -0.4 is 10.2 Å². The van der Waals surface area contributed by atoms with Gasteiger partial charge in [0.05, 0.1) is 32.1 Å². The van der Waals surface area contributed by atoms with E-state index in [0.29, 0.717) is 5.69 Å². The highest BCUT2D eigenvalue weighted by atomic mass is 32.2. The van der Waals surface area contributed by atoms with Gasteiger partial charge in [0.2, 0.25) is 0 Å². The zero-order valence-corrected chi connectivity index (χ0v) is 26.5. The van der Waals surface area contributed by atoms with E-state index in [-0.39, 0.29) is 39.1 Å². The molecule has 0 aromatic heterocycles. The van der Waals surface area contributed by atoms with Crippen molar-refractivity contribution in [2.45, 2.75) is 78.6 Å². The monoisotopic (exact) mass is 608 g/mol. The molecule has 12 nitrogen and oxygen atoms in total. The molecule has 0 aliphatic carbocycles. The van der Waals surface area contributed by atoms with Crippen molar-refractivity contribution in [2.75, 3.05) is 43.7 Å². The Bertz CT molecular complexity index is 1150. The van der Waals surface area contributed by atoms with Crippen LogP contribution in [-0.4, -0.2) is 85.0 Å². The largest absolute Gasteiger partial charge is 0.460 e. The van der Waals surface area contributed by atoms with Crippen molar-refractivity contribution in [1.82, 2.24) is 5.32 Å². The molecule has 0 unspecified atom stereocenters. The molecule has 14 heteroatoms. The van der Waals surface area contributed by atoms with Crippen molar-refractivity contribution >= 4 is 38.0 Å². The molecule has 40 heavy (non-hydrogen) atoms. The highest BCUT2D eigenvalue weighted by Gasteiger charge is 2.25. The average Bonchev–Trinajstić information content (AvgIpc) is 2.69. The number of nitrogens with zero attached hydrogens (tertiary/aromatic N) is 1. The molecule has 230 valence electrons. The maximum Gasteiger partial charge on any atom is 0.407 e. The highest BCUT2D eigenvalue weighted by molar-refractivity contribution is 7.86. The van der Waals surface area contributed by atoms with Crippen LogP contribution in [0.5, 0.6) is 0 Å². The number of carbonyl (C=O) groups is 2. The predicted molar refractivity (Wildman–Crippen MR) is 152 cm³/mol. The second kappa shape index (κ2) is 14.5. The predicted octanol–water partition coefficient (Wildman–Crippen LogP) is 2.92. The minimum absolute atomic E-state index is 0.103. The maximum atomic E-state index is 12.6. The summed E-state index contributed by atoms with van der Waals surface area (Å²) in [6.07, 6.45) is 1.36. The molecule has 1 atom stereocenters. The van der Waals surface area contributed by atoms with Crippen LogP contribution in [0.1, 0.15) is 59.1 Å². The first-order valence-corrected chi connectivity index (χ1v) is 16.4. The number of nitrogens with one attached hydrogen (secondary N) is 1. The van der Waals surface area contributed by atoms with Gasteiger partial charge < -0.3 is 19.7 Å². The second-order valence-electron chi connectivity index (χ2n) is 11.5. The number of ether oxygens (including phenoxy) is 2. The van der Waals surface area contributed by atoms with Gasteiger partial charge in [-0.15, -0.1) is 0 Å². The molecular weight excluding hydrogens is 564 g/mol. The van der Waals surface area contributed by atoms with Crippen molar-refractivity contribution < 1.29 is 44.3 Å². The van der Waals surface area contributed by atoms with Crippen molar-refractivity contribution in [2.24, 2.45) is 0 Å². The molecule has 1 N–H and O–H groups in total. The van der Waals surface area contributed by atoms with Crippen molar-refractivity contribution in [3.63, 3.8) is 0 Å². The molecule has 0 radical (unpaired) electrons. The number of aryl methyl sites for hydroxylation is 1. The van der Waals surface area contributed by atoms with E-state index in [4.69, 9.17) is 17.8 Å². The first-order valence-electron chi connectivity index (χ1n) is 12.8. The van der Waals surface area contributed by atoms with Gasteiger partial charge in [0.25, 0.3) is 20.2 Å². The zero-order chi connectivity index (χ0) is 30.9. The number of esters is 1. The first-order chi connectivity index (χ1) is 18.0. The Balaban J connectivity index is 3.25. The summed E-state index contributed by atoms with van der Waals surface area (Å²) in [5.41, 5.74) is 0.872. The molecule has 0 aliphatic rings. The summed E-state index contributed by atoms with van der Waals surface area (Å²) in [5, 5.41) is 2.77. The van der Waals surface area contributed by atoms with Gasteiger partial charge >= 0.3 is 12.1 Å². The van der Waals surface area contributed by atoms with E-state index in [1.165, 1.54) is 0 Å². The lowest BCUT2D eigenvalue weighted by Crippen LogP contribution is -2.42. The lowest BCUT2D eigenvalue weighted by atomic mass is 9.98. The van der Waals surface area contributed by atoms with Gasteiger partial charge in [-0.3, -0.25) is 13.2 Å². The normalized spacial score (nSPS) is 13.4. The van der Waals surface area contributed by atoms with Crippen LogP contribution in [0.3, 0.4) is 0 Å². The van der Waals surface area contributed by atoms with Crippen molar-refractivity contribution in [3.05, 3.63) is 29.3 Å². The van der Waals surface area contributed by atoms with E-state index in [1.807, 2.05) is 19.1 Å². The number of amides is 1. The minimum atomic E-state index is -3.68. The highest BCUT2D eigenvalue weighted by Crippen LogP contribution is 2.22. The smallest absolute Gasteiger partial charge is 0.407 e. The lowest BCUT2D eigenvalue weighted by molar-refractivity contribution is -0.155. The number of hydrogen-bond acceptors (Lipinski definition) is 11. The van der Waals surface area contributed by atoms with Crippen molar-refractivity contribution in [3.8, 4) is 0 Å². The summed E-state index contributed by atoms with van der Waals surface area (Å²) in [5.74, 6) is -0.486. The van der Waals surface area contributed by atoms with E-state index in [1.54, 1.807) is 52.5 Å². The van der Waals surface area contributed by atoms with Crippen LogP contribution in [0, 0.1) is 6.92 Å². The van der Waals surface area contributed by atoms with Crippen LogP contribution in [-0.2, 0) is 49.3 Å². The summed E-state index contributed by atoms with van der Waals surface area (Å²) in [4.78, 5) is 26.9. The van der Waals surface area contributed by atoms with E-state index in [2.05, 4.69) is 5.32 Å². The van der Waals surface area contributed by atoms with Gasteiger partial charge in [-0.2, -0.15) is 16.8 Å². The van der Waals surface area contributed by atoms with Gasteiger partial charge in [-0.25, -0.2) is 4.79 Å². The van der Waals surface area contributed by atoms with E-state index < -0.39 is 49.5 Å². The van der Waals surface area contributed by atoms with Crippen LogP contribution >= 0.6 is 0 Å². The van der Waals surface area contributed by atoms with Gasteiger partial charge in [-0.05, 0) is 78.1 Å². The van der Waals surface area contributed by atoms with Crippen LogP contribution in [0.15, 0.2) is 18.2 Å². The van der Waals surface area contributed by atoms with Gasteiger partial charge in [0.1, 0.15) is 11.2 Å². The van der Waals surface area contributed by atoms with Gasteiger partial charge in [-0.1, -0.05) is 6.07 Å². The molecule has 1 aromatic carbocycles. The van der Waals surface area contributed by atoms with E-state index in [0.717, 1.165) is 23.6 Å². The Labute approximate surface area is 238 Å². The minimum Gasteiger partial charge on any atom is -0.460 e. The molecule has 0 spiro atoms. The summed E-state index contributed by atoms with van der Waals surface area (Å²) >= 11 is 0. The Hall–Kier alpha value is -2.42. The summed E-state index contributed by atoms with van der Waals surface area (Å²) in [7, 11) is -7.35. The molecule has 0 fully saturated rings. The fourth-order valence-corrected chi connectivity index (χ4v) is 4.30. The Morgan fingerprint density at radius 3 is 1.82 bits per heavy atom. The topological polar surface area (TPSA) is 155 Å². The van der Waals surface area contributed by atoms with Crippen LogP contribution in [0.4, 0.5) is 10.5 Å². The Morgan fingerprint density at radius 2 is 1.38 bits per heavy atom. The second-order valence-corrected chi connectivity index (χ2v) is 14.8. The summed E-state index contributed by atoms with van der Waals surface area (Å²) in [6, 6.07) is 4.80. The average molecular weight is 609 g/mol. The SMILES string of the molecule is Cc1ccc(N(CCOS(C)(=O)=O)CCOS(C)(=O)=O)cc1C[C@@H](CC(=O)OC(C)(C)C)NC(=O)OC(C)(C)C. The molecule has 1 amide bonds. The molecule has 0 aliphatic heterocycles. The van der Waals surface area contributed by atoms with Crippen molar-refractivity contribution in [1.29, 1.82) is 0 Å². The molecular formula is C26H44N2O10S2. The van der Waals surface area contributed by atoms with Crippen LogP contribution in [0.25, 0.3) is 0 Å². The zero-order valence-electron chi connectivity index (χ0n) is 24.9. The standard InChI is InChI=1S/C26H44N2O10S2/c1-19-10-11-22(28(12-14-35-39(8,31)32)13-15-36-40(9,33)34)17-20(19)16-21(18-23(29)37-25(2,3)4)27-24(30)38-26(5,6)7/h10-11,17,21H,12-16,18H2,1-9H3,(H,27,30)/t21-/m0/s1. The lowest BCUT2D eigenvalue weighted by Gasteiger charge is -2.27. The number of benzene rings is 1. The van der Waals surface area contributed by atoms with E-state index in [9.17, 15) is 26.4 Å². The summed E-state index contributed by atoms with van der Waals surface area (Å²) < 4.78 is 66.3. The third-order valence-electron chi connectivity index (χ3n) is 5.04. The molecule has 0 saturated heterocycles. The molecule has 0 saturated carbocycles.